The maximum atomic E-state index is 3.16. The summed E-state index contributed by atoms with van der Waals surface area (Å²) in [4.78, 5) is 0. The Bertz CT molecular complexity index is 1050. The molecular weight excluding hydrogens is 579 g/mol. The van der Waals surface area contributed by atoms with Crippen molar-refractivity contribution in [2.24, 2.45) is 0 Å². The van der Waals surface area contributed by atoms with Crippen molar-refractivity contribution >= 4 is 0 Å². The molecule has 0 aromatic heterocycles. The van der Waals surface area contributed by atoms with Gasteiger partial charge in [0.05, 0.1) is 0 Å². The fourth-order valence-electron chi connectivity index (χ4n) is 2.84. The van der Waals surface area contributed by atoms with Gasteiger partial charge in [-0.2, -0.15) is 0 Å². The minimum atomic E-state index is 0. The molecule has 0 bridgehead atoms. The van der Waals surface area contributed by atoms with Crippen LogP contribution in [0.2, 0.25) is 0 Å². The fraction of sp³-hybridized carbons (Fsp3) is 0.125. The molecule has 0 aliphatic rings. The zero-order valence-corrected chi connectivity index (χ0v) is 21.8. The summed E-state index contributed by atoms with van der Waals surface area (Å²) >= 11 is 0. The van der Waals surface area contributed by atoms with Crippen molar-refractivity contribution in [3.63, 3.8) is 0 Å². The van der Waals surface area contributed by atoms with E-state index in [0.717, 1.165) is 22.3 Å². The summed E-state index contributed by atoms with van der Waals surface area (Å²) in [5.74, 6) is 12.6. The summed E-state index contributed by atoms with van der Waals surface area (Å²) in [5, 5.41) is 0. The van der Waals surface area contributed by atoms with Gasteiger partial charge >= 0.3 is 0 Å². The standard InChI is InChI=1S/2C16H14.Pt/c2*1-13-3-7-15(8-4-13)11-12-16-9-5-14(2)6-10-16;/h2*3-10H,1-2H3;. The largest absolute Gasteiger partial charge is 0.0617 e. The molecule has 0 heterocycles. The molecule has 4 rings (SSSR count). The molecule has 166 valence electrons. The van der Waals surface area contributed by atoms with Crippen LogP contribution in [-0.2, 0) is 21.1 Å². The van der Waals surface area contributed by atoms with Crippen LogP contribution in [0.4, 0.5) is 0 Å². The van der Waals surface area contributed by atoms with E-state index in [1.165, 1.54) is 22.3 Å². The zero-order chi connectivity index (χ0) is 22.8. The molecule has 0 fully saturated rings. The summed E-state index contributed by atoms with van der Waals surface area (Å²) in [6.45, 7) is 8.32. The fourth-order valence-corrected chi connectivity index (χ4v) is 2.84. The van der Waals surface area contributed by atoms with Crippen molar-refractivity contribution < 1.29 is 21.1 Å². The van der Waals surface area contributed by atoms with Gasteiger partial charge in [0.25, 0.3) is 0 Å². The Balaban J connectivity index is 0.000000227. The third kappa shape index (κ3) is 9.37. The van der Waals surface area contributed by atoms with Gasteiger partial charge in [0, 0.05) is 43.3 Å². The van der Waals surface area contributed by atoms with Crippen molar-refractivity contribution in [3.8, 4) is 23.7 Å². The molecule has 0 amide bonds. The predicted molar refractivity (Wildman–Crippen MR) is 137 cm³/mol. The molecule has 0 aliphatic carbocycles. The second-order valence-corrected chi connectivity index (χ2v) is 7.96. The smallest absolute Gasteiger partial charge is 0.0249 e. The minimum absolute atomic E-state index is 0. The summed E-state index contributed by atoms with van der Waals surface area (Å²) in [5.41, 5.74) is 9.30. The van der Waals surface area contributed by atoms with Gasteiger partial charge < -0.3 is 0 Å². The Morgan fingerprint density at radius 2 is 0.455 bits per heavy atom. The van der Waals surface area contributed by atoms with Crippen molar-refractivity contribution in [1.82, 2.24) is 0 Å². The predicted octanol–water partition coefficient (Wildman–Crippen LogP) is 7.40. The van der Waals surface area contributed by atoms with Gasteiger partial charge in [0.15, 0.2) is 0 Å². The van der Waals surface area contributed by atoms with E-state index < -0.39 is 0 Å². The van der Waals surface area contributed by atoms with Crippen molar-refractivity contribution in [1.29, 1.82) is 0 Å². The molecule has 0 aliphatic heterocycles. The third-order valence-electron chi connectivity index (χ3n) is 4.91. The molecule has 0 radical (unpaired) electrons. The van der Waals surface area contributed by atoms with Crippen LogP contribution in [0, 0.1) is 51.4 Å². The number of aryl methyl sites for hydroxylation is 4. The monoisotopic (exact) mass is 607 g/mol. The van der Waals surface area contributed by atoms with Crippen LogP contribution in [0.1, 0.15) is 44.5 Å². The van der Waals surface area contributed by atoms with E-state index in [1.54, 1.807) is 0 Å². The van der Waals surface area contributed by atoms with Crippen LogP contribution in [-0.4, -0.2) is 0 Å². The van der Waals surface area contributed by atoms with Gasteiger partial charge in [0.1, 0.15) is 0 Å². The van der Waals surface area contributed by atoms with Crippen LogP contribution in [0.5, 0.6) is 0 Å². The molecule has 4 aromatic carbocycles. The summed E-state index contributed by atoms with van der Waals surface area (Å²) in [7, 11) is 0. The molecule has 33 heavy (non-hydrogen) atoms. The first-order chi connectivity index (χ1) is 15.5. The molecule has 0 saturated carbocycles. The second kappa shape index (κ2) is 13.3. The van der Waals surface area contributed by atoms with Crippen molar-refractivity contribution in [3.05, 3.63) is 142 Å². The molecule has 0 spiro atoms. The van der Waals surface area contributed by atoms with E-state index in [1.807, 2.05) is 0 Å². The summed E-state index contributed by atoms with van der Waals surface area (Å²) in [6.07, 6.45) is 0. The Morgan fingerprint density at radius 3 is 0.606 bits per heavy atom. The first-order valence-corrected chi connectivity index (χ1v) is 10.8. The molecule has 4 aromatic rings. The Morgan fingerprint density at radius 1 is 0.303 bits per heavy atom. The van der Waals surface area contributed by atoms with E-state index in [0.29, 0.717) is 0 Å². The molecule has 0 unspecified atom stereocenters. The zero-order valence-electron chi connectivity index (χ0n) is 19.6. The van der Waals surface area contributed by atoms with Crippen LogP contribution in [0.25, 0.3) is 0 Å². The molecule has 0 N–H and O–H groups in total. The molecular formula is C32H28Pt. The number of benzene rings is 4. The van der Waals surface area contributed by atoms with Gasteiger partial charge in [-0.3, -0.25) is 0 Å². The second-order valence-electron chi connectivity index (χ2n) is 7.96. The molecule has 0 atom stereocenters. The van der Waals surface area contributed by atoms with Gasteiger partial charge in [0.2, 0.25) is 0 Å². The Hall–Kier alpha value is -3.31. The van der Waals surface area contributed by atoms with Gasteiger partial charge in [-0.25, -0.2) is 0 Å². The minimum Gasteiger partial charge on any atom is -0.0617 e. The topological polar surface area (TPSA) is 0 Å². The average Bonchev–Trinajstić information content (AvgIpc) is 2.81. The first kappa shape index (κ1) is 25.9. The number of rotatable bonds is 0. The average molecular weight is 608 g/mol. The van der Waals surface area contributed by atoms with Gasteiger partial charge in [-0.1, -0.05) is 94.5 Å². The Kier molecular flexibility index (Phi) is 10.4. The maximum Gasteiger partial charge on any atom is 0.0249 e. The third-order valence-corrected chi connectivity index (χ3v) is 4.91. The molecule has 0 saturated heterocycles. The maximum absolute atomic E-state index is 3.16. The van der Waals surface area contributed by atoms with Crippen LogP contribution in [0.3, 0.4) is 0 Å². The van der Waals surface area contributed by atoms with Crippen molar-refractivity contribution in [2.45, 2.75) is 27.7 Å². The summed E-state index contributed by atoms with van der Waals surface area (Å²) < 4.78 is 0. The quantitative estimate of drug-likeness (QED) is 0.183. The normalized spacial score (nSPS) is 9.09. The molecule has 1 heteroatoms. The van der Waals surface area contributed by atoms with E-state index in [2.05, 4.69) is 148 Å². The SMILES string of the molecule is Cc1ccc(C#Cc2ccc(C)cc2)cc1.Cc1ccc(C#Cc2ccc(C)cc2)cc1.[Pt]. The van der Waals surface area contributed by atoms with E-state index in [9.17, 15) is 0 Å². The van der Waals surface area contributed by atoms with Crippen molar-refractivity contribution in [2.75, 3.05) is 0 Å². The van der Waals surface area contributed by atoms with E-state index in [-0.39, 0.29) is 21.1 Å². The van der Waals surface area contributed by atoms with Crippen LogP contribution in [0.15, 0.2) is 97.1 Å². The van der Waals surface area contributed by atoms with Crippen LogP contribution >= 0.6 is 0 Å². The number of hydrogen-bond acceptors (Lipinski definition) is 0. The Labute approximate surface area is 213 Å². The van der Waals surface area contributed by atoms with Gasteiger partial charge in [-0.15, -0.1) is 0 Å². The summed E-state index contributed by atoms with van der Waals surface area (Å²) in [6, 6.07) is 33.1. The van der Waals surface area contributed by atoms with Crippen LogP contribution < -0.4 is 0 Å². The van der Waals surface area contributed by atoms with Gasteiger partial charge in [-0.05, 0) is 76.2 Å². The van der Waals surface area contributed by atoms with E-state index in [4.69, 9.17) is 0 Å². The van der Waals surface area contributed by atoms with E-state index >= 15 is 0 Å². The molecule has 0 nitrogen and oxygen atoms in total. The first-order valence-electron chi connectivity index (χ1n) is 10.8. The number of hydrogen-bond donors (Lipinski definition) is 0.